The number of carbonyl (C=O) groups excluding carboxylic acids is 1. The summed E-state index contributed by atoms with van der Waals surface area (Å²) in [7, 11) is -2.32. The van der Waals surface area contributed by atoms with E-state index in [2.05, 4.69) is 4.98 Å². The molecular weight excluding hydrogens is 318 g/mol. The summed E-state index contributed by atoms with van der Waals surface area (Å²) in [5.41, 5.74) is -0.436. The molecule has 2 heterocycles. The fraction of sp³-hybridized carbons (Fsp3) is 0.600. The molecule has 7 nitrogen and oxygen atoms in total. The minimum atomic E-state index is -3.72. The van der Waals surface area contributed by atoms with Crippen LogP contribution in [0.4, 0.5) is 0 Å². The first-order valence-electron chi connectivity index (χ1n) is 7.44. The van der Waals surface area contributed by atoms with E-state index >= 15 is 0 Å². The van der Waals surface area contributed by atoms with Gasteiger partial charge in [0, 0.05) is 32.5 Å². The molecule has 1 aliphatic rings. The lowest BCUT2D eigenvalue weighted by Crippen LogP contribution is -2.55. The van der Waals surface area contributed by atoms with Gasteiger partial charge in [-0.05, 0) is 32.9 Å². The van der Waals surface area contributed by atoms with E-state index in [9.17, 15) is 13.2 Å². The summed E-state index contributed by atoms with van der Waals surface area (Å²) in [5.74, 6) is -0.233. The second-order valence-corrected chi connectivity index (χ2v) is 8.46. The van der Waals surface area contributed by atoms with Gasteiger partial charge in [-0.15, -0.1) is 0 Å². The number of ether oxygens (including phenoxy) is 1. The van der Waals surface area contributed by atoms with Crippen LogP contribution in [-0.4, -0.2) is 66.9 Å². The third-order valence-electron chi connectivity index (χ3n) is 3.62. The normalized spacial score (nSPS) is 21.4. The summed E-state index contributed by atoms with van der Waals surface area (Å²) < 4.78 is 31.7. The second kappa shape index (κ2) is 6.54. The van der Waals surface area contributed by atoms with Gasteiger partial charge in [0.15, 0.2) is 0 Å². The Labute approximate surface area is 137 Å². The lowest BCUT2D eigenvalue weighted by molar-refractivity contribution is -0.158. The molecule has 0 aromatic carbocycles. The van der Waals surface area contributed by atoms with Crippen LogP contribution < -0.4 is 0 Å². The monoisotopic (exact) mass is 341 g/mol. The van der Waals surface area contributed by atoms with Crippen molar-refractivity contribution in [3.63, 3.8) is 0 Å². The molecule has 1 atom stereocenters. The maximum Gasteiger partial charge on any atom is 0.244 e. The van der Waals surface area contributed by atoms with E-state index in [0.29, 0.717) is 13.1 Å². The highest BCUT2D eigenvalue weighted by atomic mass is 32.2. The molecule has 0 saturated carbocycles. The number of hydrogen-bond acceptors (Lipinski definition) is 5. The van der Waals surface area contributed by atoms with E-state index in [-0.39, 0.29) is 23.5 Å². The Bertz CT molecular complexity index is 661. The highest BCUT2D eigenvalue weighted by molar-refractivity contribution is 7.89. The summed E-state index contributed by atoms with van der Waals surface area (Å²) in [6.45, 7) is 6.43. The Hall–Kier alpha value is -1.51. The van der Waals surface area contributed by atoms with Crippen LogP contribution in [-0.2, 0) is 19.6 Å². The lowest BCUT2D eigenvalue weighted by atomic mass is 10.1. The number of nitrogens with zero attached hydrogens (tertiary/aromatic N) is 3. The summed E-state index contributed by atoms with van der Waals surface area (Å²) >= 11 is 0. The standard InChI is InChI=1S/C15H23N3O4S/c1-12-9-18(11-15(2,3)22-12)14(19)10-17(4)23(20,21)13-6-5-7-16-8-13/h5-8,12H,9-11H2,1-4H3. The number of amides is 1. The van der Waals surface area contributed by atoms with Crippen LogP contribution in [0.15, 0.2) is 29.4 Å². The van der Waals surface area contributed by atoms with E-state index < -0.39 is 15.6 Å². The molecule has 2 rings (SSSR count). The summed E-state index contributed by atoms with van der Waals surface area (Å²) in [6, 6.07) is 3.01. The van der Waals surface area contributed by atoms with Gasteiger partial charge in [-0.25, -0.2) is 8.42 Å². The number of likely N-dealkylation sites (N-methyl/N-ethyl adjacent to an activating group) is 1. The minimum absolute atomic E-state index is 0.0750. The Balaban J connectivity index is 2.08. The van der Waals surface area contributed by atoms with Crippen molar-refractivity contribution in [3.8, 4) is 0 Å². The highest BCUT2D eigenvalue weighted by Crippen LogP contribution is 2.21. The summed E-state index contributed by atoms with van der Waals surface area (Å²) in [6.07, 6.45) is 2.69. The predicted molar refractivity (Wildman–Crippen MR) is 85.3 cm³/mol. The average molecular weight is 341 g/mol. The number of hydrogen-bond donors (Lipinski definition) is 0. The van der Waals surface area contributed by atoms with Crippen LogP contribution in [0, 0.1) is 0 Å². The third-order valence-corrected chi connectivity index (χ3v) is 5.41. The molecule has 0 spiro atoms. The van der Waals surface area contributed by atoms with Crippen LogP contribution in [0.25, 0.3) is 0 Å². The molecule has 0 bridgehead atoms. The quantitative estimate of drug-likeness (QED) is 0.806. The highest BCUT2D eigenvalue weighted by Gasteiger charge is 2.35. The van der Waals surface area contributed by atoms with Gasteiger partial charge in [0.25, 0.3) is 0 Å². The van der Waals surface area contributed by atoms with Crippen molar-refractivity contribution in [1.29, 1.82) is 0 Å². The Kier molecular flexibility index (Phi) is 5.07. The van der Waals surface area contributed by atoms with E-state index in [4.69, 9.17) is 4.74 Å². The van der Waals surface area contributed by atoms with Crippen LogP contribution in [0.2, 0.25) is 0 Å². The van der Waals surface area contributed by atoms with Gasteiger partial charge in [0.2, 0.25) is 15.9 Å². The SMILES string of the molecule is CC1CN(C(=O)CN(C)S(=O)(=O)c2cccnc2)CC(C)(C)O1. The first-order chi connectivity index (χ1) is 10.6. The predicted octanol–water partition coefficient (Wildman–Crippen LogP) is 0.728. The summed E-state index contributed by atoms with van der Waals surface area (Å²) in [5, 5.41) is 0. The van der Waals surface area contributed by atoms with Crippen molar-refractivity contribution in [2.24, 2.45) is 0 Å². The number of aromatic nitrogens is 1. The third kappa shape index (κ3) is 4.27. The van der Waals surface area contributed by atoms with Crippen LogP contribution in [0.5, 0.6) is 0 Å². The number of sulfonamides is 1. The largest absolute Gasteiger partial charge is 0.369 e. The number of pyridine rings is 1. The lowest BCUT2D eigenvalue weighted by Gasteiger charge is -2.42. The molecule has 0 N–H and O–H groups in total. The van der Waals surface area contributed by atoms with Crippen molar-refractivity contribution in [3.05, 3.63) is 24.5 Å². The molecular formula is C15H23N3O4S. The number of carbonyl (C=O) groups is 1. The Morgan fingerprint density at radius 3 is 2.78 bits per heavy atom. The maximum absolute atomic E-state index is 12.5. The molecule has 1 aromatic rings. The van der Waals surface area contributed by atoms with Gasteiger partial charge >= 0.3 is 0 Å². The molecule has 1 amide bonds. The molecule has 1 aromatic heterocycles. The maximum atomic E-state index is 12.5. The molecule has 1 unspecified atom stereocenters. The van der Waals surface area contributed by atoms with Crippen molar-refractivity contribution in [2.75, 3.05) is 26.7 Å². The average Bonchev–Trinajstić information content (AvgIpc) is 2.45. The zero-order valence-corrected chi connectivity index (χ0v) is 14.7. The molecule has 1 aliphatic heterocycles. The first kappa shape index (κ1) is 17.8. The second-order valence-electron chi connectivity index (χ2n) is 6.41. The number of rotatable bonds is 4. The van der Waals surface area contributed by atoms with Crippen molar-refractivity contribution < 1.29 is 17.9 Å². The van der Waals surface area contributed by atoms with Crippen molar-refractivity contribution >= 4 is 15.9 Å². The zero-order valence-electron chi connectivity index (χ0n) is 13.9. The van der Waals surface area contributed by atoms with Gasteiger partial charge < -0.3 is 9.64 Å². The Morgan fingerprint density at radius 1 is 1.52 bits per heavy atom. The molecule has 1 saturated heterocycles. The van der Waals surface area contributed by atoms with Crippen molar-refractivity contribution in [1.82, 2.24) is 14.2 Å². The van der Waals surface area contributed by atoms with Crippen molar-refractivity contribution in [2.45, 2.75) is 37.4 Å². The van der Waals surface area contributed by atoms with E-state index in [1.54, 1.807) is 11.0 Å². The van der Waals surface area contributed by atoms with Crippen LogP contribution in [0.3, 0.4) is 0 Å². The molecule has 128 valence electrons. The number of morpholine rings is 1. The smallest absolute Gasteiger partial charge is 0.244 e. The van der Waals surface area contributed by atoms with E-state index in [1.807, 2.05) is 20.8 Å². The molecule has 0 radical (unpaired) electrons. The molecule has 23 heavy (non-hydrogen) atoms. The molecule has 0 aliphatic carbocycles. The summed E-state index contributed by atoms with van der Waals surface area (Å²) in [4.78, 5) is 18.0. The van der Waals surface area contributed by atoms with Crippen LogP contribution in [0.1, 0.15) is 20.8 Å². The van der Waals surface area contributed by atoms with E-state index in [1.165, 1.54) is 25.5 Å². The zero-order chi connectivity index (χ0) is 17.3. The van der Waals surface area contributed by atoms with Crippen LogP contribution >= 0.6 is 0 Å². The van der Waals surface area contributed by atoms with Gasteiger partial charge in [-0.3, -0.25) is 9.78 Å². The first-order valence-corrected chi connectivity index (χ1v) is 8.88. The topological polar surface area (TPSA) is 79.8 Å². The van der Waals surface area contributed by atoms with Gasteiger partial charge in [0.1, 0.15) is 4.90 Å². The fourth-order valence-electron chi connectivity index (χ4n) is 2.70. The fourth-order valence-corrected chi connectivity index (χ4v) is 3.78. The molecule has 8 heteroatoms. The van der Waals surface area contributed by atoms with Gasteiger partial charge in [0.05, 0.1) is 18.2 Å². The van der Waals surface area contributed by atoms with E-state index in [0.717, 1.165) is 4.31 Å². The van der Waals surface area contributed by atoms with Gasteiger partial charge in [-0.1, -0.05) is 0 Å². The molecule has 1 fully saturated rings. The van der Waals surface area contributed by atoms with Gasteiger partial charge in [-0.2, -0.15) is 4.31 Å². The minimum Gasteiger partial charge on any atom is -0.369 e. The Morgan fingerprint density at radius 2 is 2.22 bits per heavy atom.